The van der Waals surface area contributed by atoms with Gasteiger partial charge in [0.15, 0.2) is 5.82 Å². The molecule has 1 N–H and O–H groups in total. The quantitative estimate of drug-likeness (QED) is 0.693. The molecule has 1 unspecified atom stereocenters. The minimum atomic E-state index is -1.58. The van der Waals surface area contributed by atoms with Crippen LogP contribution in [0, 0.1) is 13.8 Å². The summed E-state index contributed by atoms with van der Waals surface area (Å²) >= 11 is 0. The Hall–Kier alpha value is -2.54. The van der Waals surface area contributed by atoms with Gasteiger partial charge in [-0.1, -0.05) is 17.3 Å². The molecule has 3 aromatic rings. The predicted octanol–water partition coefficient (Wildman–Crippen LogP) is 4.41. The maximum Gasteiger partial charge on any atom is 0.265 e. The maximum absolute atomic E-state index is 15.7. The second-order valence-electron chi connectivity index (χ2n) is 8.58. The number of hydrogen-bond donors (Lipinski definition) is 1. The maximum atomic E-state index is 15.7. The van der Waals surface area contributed by atoms with Crippen molar-refractivity contribution in [1.29, 1.82) is 0 Å². The minimum Gasteiger partial charge on any atom is -0.336 e. The fraction of sp³-hybridized carbons (Fsp3) is 0.500. The Morgan fingerprint density at radius 2 is 2.14 bits per heavy atom. The molecule has 1 aliphatic carbocycles. The van der Waals surface area contributed by atoms with Crippen molar-refractivity contribution in [3.05, 3.63) is 52.8 Å². The van der Waals surface area contributed by atoms with E-state index in [4.69, 9.17) is 4.52 Å². The molecule has 2 aromatic heterocycles. The van der Waals surface area contributed by atoms with Crippen LogP contribution in [0.25, 0.3) is 11.3 Å². The largest absolute Gasteiger partial charge is 0.336 e. The fourth-order valence-corrected chi connectivity index (χ4v) is 4.15. The number of benzene rings is 1. The van der Waals surface area contributed by atoms with E-state index in [-0.39, 0.29) is 12.4 Å². The number of H-pyrrole nitrogens is 1. The number of rotatable bonds is 5. The summed E-state index contributed by atoms with van der Waals surface area (Å²) in [7, 11) is 0. The van der Waals surface area contributed by atoms with Crippen LogP contribution in [0.4, 0.5) is 4.39 Å². The van der Waals surface area contributed by atoms with E-state index in [9.17, 15) is 0 Å². The number of halogens is 1. The molecule has 3 heterocycles. The van der Waals surface area contributed by atoms with Crippen molar-refractivity contribution in [2.75, 3.05) is 13.1 Å². The average Bonchev–Trinajstić information content (AvgIpc) is 3.23. The average molecular weight is 395 g/mol. The van der Waals surface area contributed by atoms with Gasteiger partial charge in [-0.3, -0.25) is 10.00 Å². The third kappa shape index (κ3) is 3.59. The number of hydrogen-bond acceptors (Lipinski definition) is 5. The van der Waals surface area contributed by atoms with Crippen molar-refractivity contribution in [2.24, 2.45) is 0 Å². The topological polar surface area (TPSA) is 70.8 Å². The summed E-state index contributed by atoms with van der Waals surface area (Å²) in [5.74, 6) is 1.17. The van der Waals surface area contributed by atoms with Gasteiger partial charge in [0.05, 0.1) is 11.9 Å². The van der Waals surface area contributed by atoms with E-state index in [2.05, 4.69) is 57.3 Å². The van der Waals surface area contributed by atoms with Gasteiger partial charge in [0.1, 0.15) is 0 Å². The Morgan fingerprint density at radius 3 is 2.93 bits per heavy atom. The molecule has 2 aliphatic rings. The van der Waals surface area contributed by atoms with Crippen LogP contribution < -0.4 is 0 Å². The number of alkyl halides is 1. The van der Waals surface area contributed by atoms with Gasteiger partial charge in [0, 0.05) is 30.1 Å². The number of nitrogens with one attached hydrogen (secondary N) is 1. The third-order valence-corrected chi connectivity index (χ3v) is 6.20. The van der Waals surface area contributed by atoms with Crippen molar-refractivity contribution in [1.82, 2.24) is 25.2 Å². The summed E-state index contributed by atoms with van der Waals surface area (Å²) < 4.78 is 21.1. The van der Waals surface area contributed by atoms with Gasteiger partial charge < -0.3 is 4.52 Å². The van der Waals surface area contributed by atoms with E-state index < -0.39 is 5.67 Å². The molecule has 152 valence electrons. The van der Waals surface area contributed by atoms with Crippen LogP contribution in [0.5, 0.6) is 0 Å². The fourth-order valence-electron chi connectivity index (χ4n) is 4.15. The molecular weight excluding hydrogens is 369 g/mol. The van der Waals surface area contributed by atoms with Gasteiger partial charge in [0.2, 0.25) is 5.67 Å². The van der Waals surface area contributed by atoms with Crippen LogP contribution >= 0.6 is 0 Å². The van der Waals surface area contributed by atoms with Crippen molar-refractivity contribution < 1.29 is 8.91 Å². The van der Waals surface area contributed by atoms with Crippen molar-refractivity contribution in [3.8, 4) is 11.3 Å². The lowest BCUT2D eigenvalue weighted by Crippen LogP contribution is -2.43. The van der Waals surface area contributed by atoms with Crippen LogP contribution in [0.1, 0.15) is 60.0 Å². The summed E-state index contributed by atoms with van der Waals surface area (Å²) in [6.45, 7) is 5.95. The predicted molar refractivity (Wildman–Crippen MR) is 107 cm³/mol. The molecule has 1 saturated carbocycles. The van der Waals surface area contributed by atoms with Gasteiger partial charge in [-0.05, 0) is 63.3 Å². The molecule has 0 bridgehead atoms. The highest BCUT2D eigenvalue weighted by atomic mass is 19.1. The van der Waals surface area contributed by atoms with Crippen LogP contribution in [0.2, 0.25) is 0 Å². The molecule has 6 nitrogen and oxygen atoms in total. The summed E-state index contributed by atoms with van der Waals surface area (Å²) in [4.78, 5) is 6.51. The highest BCUT2D eigenvalue weighted by molar-refractivity contribution is 5.64. The van der Waals surface area contributed by atoms with E-state index in [0.717, 1.165) is 42.6 Å². The van der Waals surface area contributed by atoms with Crippen LogP contribution in [-0.2, 0) is 12.2 Å². The Bertz CT molecular complexity index is 1020. The van der Waals surface area contributed by atoms with Gasteiger partial charge in [-0.2, -0.15) is 10.1 Å². The van der Waals surface area contributed by atoms with Gasteiger partial charge >= 0.3 is 0 Å². The first-order chi connectivity index (χ1) is 14.0. The molecule has 0 radical (unpaired) electrons. The summed E-state index contributed by atoms with van der Waals surface area (Å²) in [6, 6.07) is 6.39. The van der Waals surface area contributed by atoms with E-state index >= 15 is 4.39 Å². The Labute approximate surface area is 169 Å². The summed E-state index contributed by atoms with van der Waals surface area (Å²) in [5, 5.41) is 11.4. The zero-order valence-corrected chi connectivity index (χ0v) is 16.9. The molecule has 29 heavy (non-hydrogen) atoms. The monoisotopic (exact) mass is 395 g/mol. The van der Waals surface area contributed by atoms with E-state index in [1.54, 1.807) is 0 Å². The first kappa shape index (κ1) is 18.5. The molecular formula is C22H26FN5O. The van der Waals surface area contributed by atoms with Crippen molar-refractivity contribution in [2.45, 2.75) is 57.7 Å². The highest BCUT2D eigenvalue weighted by Crippen LogP contribution is 2.41. The lowest BCUT2D eigenvalue weighted by Gasteiger charge is -2.35. The lowest BCUT2D eigenvalue weighted by molar-refractivity contribution is 0.0125. The minimum absolute atomic E-state index is 0.144. The van der Waals surface area contributed by atoms with Crippen LogP contribution in [0.15, 0.2) is 28.9 Å². The molecule has 0 spiro atoms. The van der Waals surface area contributed by atoms with E-state index in [1.807, 2.05) is 6.20 Å². The molecule has 1 saturated heterocycles. The van der Waals surface area contributed by atoms with Crippen molar-refractivity contribution in [3.63, 3.8) is 0 Å². The molecule has 1 aliphatic heterocycles. The van der Waals surface area contributed by atoms with Crippen LogP contribution in [0.3, 0.4) is 0 Å². The lowest BCUT2D eigenvalue weighted by atomic mass is 9.94. The van der Waals surface area contributed by atoms with Crippen molar-refractivity contribution >= 4 is 0 Å². The van der Waals surface area contributed by atoms with Crippen LogP contribution in [-0.4, -0.2) is 38.3 Å². The third-order valence-electron chi connectivity index (χ3n) is 6.20. The second kappa shape index (κ2) is 7.06. The van der Waals surface area contributed by atoms with E-state index in [0.29, 0.717) is 24.7 Å². The van der Waals surface area contributed by atoms with E-state index in [1.165, 1.54) is 11.1 Å². The molecule has 1 atom stereocenters. The summed E-state index contributed by atoms with van der Waals surface area (Å²) in [5.41, 5.74) is 4.10. The zero-order valence-electron chi connectivity index (χ0n) is 16.9. The first-order valence-corrected chi connectivity index (χ1v) is 10.4. The number of nitrogens with zero attached hydrogens (tertiary/aromatic N) is 4. The van der Waals surface area contributed by atoms with Gasteiger partial charge in [-0.15, -0.1) is 0 Å². The van der Waals surface area contributed by atoms with Gasteiger partial charge in [0.25, 0.3) is 5.89 Å². The molecule has 1 aromatic carbocycles. The second-order valence-corrected chi connectivity index (χ2v) is 8.58. The number of aromatic amines is 1. The Balaban J connectivity index is 1.34. The molecule has 0 amide bonds. The SMILES string of the molecule is Cc1ccc(-c2[nH]ncc2CN2CCCC(F)(c3nc(C4CC4)no3)C2)cc1C. The summed E-state index contributed by atoms with van der Waals surface area (Å²) in [6.07, 6.45) is 5.18. The highest BCUT2D eigenvalue weighted by Gasteiger charge is 2.43. The smallest absolute Gasteiger partial charge is 0.265 e. The number of aromatic nitrogens is 4. The molecule has 2 fully saturated rings. The normalized spacial score (nSPS) is 22.9. The van der Waals surface area contributed by atoms with Gasteiger partial charge in [-0.25, -0.2) is 4.39 Å². The molecule has 5 rings (SSSR count). The zero-order chi connectivity index (χ0) is 20.0. The first-order valence-electron chi connectivity index (χ1n) is 10.4. The molecule has 7 heteroatoms. The Morgan fingerprint density at radius 1 is 1.28 bits per heavy atom. The number of aryl methyl sites for hydroxylation is 2. The Kier molecular flexibility index (Phi) is 4.50. The standard InChI is InChI=1S/C22H26FN5O/c1-14-4-5-17(10-15(14)2)19-18(11-24-26-19)12-28-9-3-8-22(23,13-28)21-25-20(27-29-21)16-6-7-16/h4-5,10-11,16H,3,6-9,12-13H2,1-2H3,(H,24,26). The number of piperidine rings is 1. The number of likely N-dealkylation sites (tertiary alicyclic amines) is 1.